The number of hydrogen-bond donors (Lipinski definition) is 1. The molecule has 0 bridgehead atoms. The van der Waals surface area contributed by atoms with Gasteiger partial charge in [0.15, 0.2) is 5.78 Å². The first-order valence-corrected chi connectivity index (χ1v) is 7.75. The highest BCUT2D eigenvalue weighted by Crippen LogP contribution is 2.23. The van der Waals surface area contributed by atoms with Crippen LogP contribution in [0.3, 0.4) is 0 Å². The minimum atomic E-state index is -0.854. The van der Waals surface area contributed by atoms with Crippen LogP contribution < -0.4 is 5.32 Å². The van der Waals surface area contributed by atoms with Crippen molar-refractivity contribution in [2.75, 3.05) is 13.6 Å². The van der Waals surface area contributed by atoms with Crippen LogP contribution in [-0.4, -0.2) is 35.8 Å². The van der Waals surface area contributed by atoms with Gasteiger partial charge < -0.3 is 10.2 Å². The Morgan fingerprint density at radius 1 is 0.952 bits per heavy atom. The zero-order valence-corrected chi connectivity index (χ0v) is 15.4. The molecule has 0 saturated heterocycles. The van der Waals surface area contributed by atoms with Crippen molar-refractivity contribution >= 4 is 11.8 Å². The third kappa shape index (κ3) is 7.49. The highest BCUT2D eigenvalue weighted by Gasteiger charge is 2.37. The number of Topliss-reactive ketones (excluding diaryl/α,β-unsaturated/α-hetero) is 1. The Balaban J connectivity index is 4.50. The molecule has 2 amide bonds. The molecule has 0 heterocycles. The maximum atomic E-state index is 12.4. The molecule has 1 N–H and O–H groups in total. The van der Waals surface area contributed by atoms with Crippen molar-refractivity contribution in [1.82, 2.24) is 10.2 Å². The largest absolute Gasteiger partial charge is 0.328 e. The lowest BCUT2D eigenvalue weighted by molar-refractivity contribution is -0.131. The fourth-order valence-corrected chi connectivity index (χ4v) is 2.31. The second kappa shape index (κ2) is 6.80. The van der Waals surface area contributed by atoms with Gasteiger partial charge in [0.05, 0.1) is 5.54 Å². The van der Waals surface area contributed by atoms with Crippen molar-refractivity contribution < 1.29 is 9.59 Å². The fourth-order valence-electron chi connectivity index (χ4n) is 2.31. The standard InChI is InChI=1S/C17H34N2O2/c1-15(2,3)11-10-12-19(9)14(21)18-17(7,8)13(20)16(4,5)6/h10-12H2,1-9H3,(H,18,21). The Hall–Kier alpha value is -1.06. The lowest BCUT2D eigenvalue weighted by Crippen LogP contribution is -2.56. The SMILES string of the molecule is CN(CCCC(C)(C)C)C(=O)NC(C)(C)C(=O)C(C)(C)C. The Morgan fingerprint density at radius 3 is 1.81 bits per heavy atom. The van der Waals surface area contributed by atoms with E-state index in [9.17, 15) is 9.59 Å². The average Bonchev–Trinajstić information content (AvgIpc) is 2.24. The van der Waals surface area contributed by atoms with E-state index in [2.05, 4.69) is 26.1 Å². The lowest BCUT2D eigenvalue weighted by Gasteiger charge is -2.33. The number of hydrogen-bond acceptors (Lipinski definition) is 2. The Bertz CT molecular complexity index is 373. The second-order valence-corrected chi connectivity index (χ2v) is 8.72. The van der Waals surface area contributed by atoms with Crippen LogP contribution >= 0.6 is 0 Å². The molecule has 124 valence electrons. The smallest absolute Gasteiger partial charge is 0.317 e. The van der Waals surface area contributed by atoms with E-state index in [4.69, 9.17) is 0 Å². The average molecular weight is 298 g/mol. The normalized spacial score (nSPS) is 13.0. The molecule has 0 saturated carbocycles. The van der Waals surface area contributed by atoms with E-state index >= 15 is 0 Å². The number of ketones is 1. The van der Waals surface area contributed by atoms with Crippen molar-refractivity contribution in [3.63, 3.8) is 0 Å². The van der Waals surface area contributed by atoms with Gasteiger partial charge in [-0.25, -0.2) is 4.79 Å². The third-order valence-electron chi connectivity index (χ3n) is 3.44. The van der Waals surface area contributed by atoms with Gasteiger partial charge in [-0.3, -0.25) is 4.79 Å². The minimum Gasteiger partial charge on any atom is -0.328 e. The zero-order chi connectivity index (χ0) is 17.1. The maximum absolute atomic E-state index is 12.4. The van der Waals surface area contributed by atoms with Gasteiger partial charge in [0, 0.05) is 19.0 Å². The summed E-state index contributed by atoms with van der Waals surface area (Å²) in [6.45, 7) is 16.4. The quantitative estimate of drug-likeness (QED) is 0.838. The van der Waals surface area contributed by atoms with Crippen LogP contribution in [0.1, 0.15) is 68.2 Å². The predicted octanol–water partition coefficient (Wildman–Crippen LogP) is 3.85. The molecule has 0 aromatic carbocycles. The predicted molar refractivity (Wildman–Crippen MR) is 88.4 cm³/mol. The van der Waals surface area contributed by atoms with Gasteiger partial charge >= 0.3 is 6.03 Å². The molecule has 0 aromatic heterocycles. The van der Waals surface area contributed by atoms with Gasteiger partial charge in [-0.15, -0.1) is 0 Å². The summed E-state index contributed by atoms with van der Waals surface area (Å²) in [5.74, 6) is 0.0337. The van der Waals surface area contributed by atoms with Gasteiger partial charge in [0.1, 0.15) is 0 Å². The molecule has 0 aliphatic heterocycles. The van der Waals surface area contributed by atoms with Crippen molar-refractivity contribution in [3.8, 4) is 0 Å². The first-order valence-electron chi connectivity index (χ1n) is 7.75. The molecule has 0 rings (SSSR count). The van der Waals surface area contributed by atoms with E-state index < -0.39 is 11.0 Å². The highest BCUT2D eigenvalue weighted by atomic mass is 16.2. The van der Waals surface area contributed by atoms with Crippen LogP contribution in [0, 0.1) is 10.8 Å². The van der Waals surface area contributed by atoms with Crippen LogP contribution in [-0.2, 0) is 4.79 Å². The molecular weight excluding hydrogens is 264 g/mol. The van der Waals surface area contributed by atoms with Crippen LogP contribution in [0.5, 0.6) is 0 Å². The first-order chi connectivity index (χ1) is 9.17. The molecule has 21 heavy (non-hydrogen) atoms. The minimum absolute atomic E-state index is 0.0337. The number of carbonyl (C=O) groups excluding carboxylic acids is 2. The molecule has 0 unspecified atom stereocenters. The summed E-state index contributed by atoms with van der Waals surface area (Å²) in [5, 5.41) is 2.85. The number of nitrogens with one attached hydrogen (secondary N) is 1. The van der Waals surface area contributed by atoms with Crippen LogP contribution in [0.4, 0.5) is 4.79 Å². The van der Waals surface area contributed by atoms with Crippen molar-refractivity contribution in [1.29, 1.82) is 0 Å². The summed E-state index contributed by atoms with van der Waals surface area (Å²) in [5.41, 5.74) is -1.05. The Morgan fingerprint density at radius 2 is 1.43 bits per heavy atom. The van der Waals surface area contributed by atoms with E-state index in [0.717, 1.165) is 12.8 Å². The van der Waals surface area contributed by atoms with Gasteiger partial charge in [0.2, 0.25) is 0 Å². The summed E-state index contributed by atoms with van der Waals surface area (Å²) in [6, 6.07) is -0.188. The highest BCUT2D eigenvalue weighted by molar-refractivity contribution is 5.95. The van der Waals surface area contributed by atoms with Gasteiger partial charge in [-0.05, 0) is 32.1 Å². The Labute approximate surface area is 130 Å². The molecule has 4 heteroatoms. The van der Waals surface area contributed by atoms with Crippen molar-refractivity contribution in [2.24, 2.45) is 10.8 Å². The van der Waals surface area contributed by atoms with E-state index in [-0.39, 0.29) is 17.2 Å². The summed E-state index contributed by atoms with van der Waals surface area (Å²) in [6.07, 6.45) is 2.02. The number of amides is 2. The summed E-state index contributed by atoms with van der Waals surface area (Å²) < 4.78 is 0. The molecule has 4 nitrogen and oxygen atoms in total. The van der Waals surface area contributed by atoms with E-state index in [1.165, 1.54) is 0 Å². The Kier molecular flexibility index (Phi) is 6.46. The number of nitrogens with zero attached hydrogens (tertiary/aromatic N) is 1. The molecule has 0 radical (unpaired) electrons. The second-order valence-electron chi connectivity index (χ2n) is 8.72. The third-order valence-corrected chi connectivity index (χ3v) is 3.44. The van der Waals surface area contributed by atoms with E-state index in [1.54, 1.807) is 25.8 Å². The van der Waals surface area contributed by atoms with Crippen molar-refractivity contribution in [2.45, 2.75) is 73.8 Å². The van der Waals surface area contributed by atoms with E-state index in [1.807, 2.05) is 20.8 Å². The number of carbonyl (C=O) groups is 2. The van der Waals surface area contributed by atoms with E-state index in [0.29, 0.717) is 6.54 Å². The fraction of sp³-hybridized carbons (Fsp3) is 0.882. The monoisotopic (exact) mass is 298 g/mol. The molecular formula is C17H34N2O2. The van der Waals surface area contributed by atoms with Crippen molar-refractivity contribution in [3.05, 3.63) is 0 Å². The lowest BCUT2D eigenvalue weighted by atomic mass is 9.80. The topological polar surface area (TPSA) is 49.4 Å². The molecule has 0 aromatic rings. The summed E-state index contributed by atoms with van der Waals surface area (Å²) in [7, 11) is 1.77. The number of urea groups is 1. The van der Waals surface area contributed by atoms with Gasteiger partial charge in [0.25, 0.3) is 0 Å². The van der Waals surface area contributed by atoms with Gasteiger partial charge in [-0.2, -0.15) is 0 Å². The van der Waals surface area contributed by atoms with Gasteiger partial charge in [-0.1, -0.05) is 41.5 Å². The zero-order valence-electron chi connectivity index (χ0n) is 15.4. The number of rotatable bonds is 5. The molecule has 0 spiro atoms. The van der Waals surface area contributed by atoms with Crippen LogP contribution in [0.15, 0.2) is 0 Å². The molecule has 0 atom stereocenters. The first kappa shape index (κ1) is 19.9. The maximum Gasteiger partial charge on any atom is 0.317 e. The summed E-state index contributed by atoms with van der Waals surface area (Å²) in [4.78, 5) is 26.2. The molecule has 0 fully saturated rings. The van der Waals surface area contributed by atoms with Crippen LogP contribution in [0.2, 0.25) is 0 Å². The molecule has 0 aliphatic rings. The summed E-state index contributed by atoms with van der Waals surface area (Å²) >= 11 is 0. The molecule has 0 aliphatic carbocycles. The van der Waals surface area contributed by atoms with Crippen LogP contribution in [0.25, 0.3) is 0 Å².